The Kier molecular flexibility index (Phi) is 3.91. The van der Waals surface area contributed by atoms with Gasteiger partial charge in [-0.25, -0.2) is 0 Å². The molecule has 4 heteroatoms. The highest BCUT2D eigenvalue weighted by molar-refractivity contribution is 9.09. The summed E-state index contributed by atoms with van der Waals surface area (Å²) in [5.41, 5.74) is -0.242. The molecule has 1 N–H and O–H groups in total. The Morgan fingerprint density at radius 3 is 2.79 bits per heavy atom. The second-order valence-electron chi connectivity index (χ2n) is 6.85. The predicted molar refractivity (Wildman–Crippen MR) is 77.5 cm³/mol. The van der Waals surface area contributed by atoms with Crippen molar-refractivity contribution in [2.75, 3.05) is 19.7 Å². The van der Waals surface area contributed by atoms with Crippen LogP contribution in [-0.4, -0.2) is 36.5 Å². The average molecular weight is 331 g/mol. The van der Waals surface area contributed by atoms with Crippen LogP contribution in [0, 0.1) is 11.3 Å². The quantitative estimate of drug-likeness (QED) is 0.628. The van der Waals surface area contributed by atoms with Crippen molar-refractivity contribution in [3.8, 4) is 0 Å². The fourth-order valence-corrected chi connectivity index (χ4v) is 4.71. The third-order valence-electron chi connectivity index (χ3n) is 5.46. The van der Waals surface area contributed by atoms with Gasteiger partial charge in [0, 0.05) is 10.7 Å². The fraction of sp³-hybridized carbons (Fsp3) is 0.933. The topological polar surface area (TPSA) is 30.7 Å². The van der Waals surface area contributed by atoms with Gasteiger partial charge in [-0.2, -0.15) is 0 Å². The van der Waals surface area contributed by atoms with E-state index in [-0.39, 0.29) is 11.4 Å². The van der Waals surface area contributed by atoms with E-state index in [4.69, 9.17) is 4.74 Å². The maximum atomic E-state index is 12.1. The first-order valence-corrected chi connectivity index (χ1v) is 8.69. The zero-order chi connectivity index (χ0) is 13.5. The molecule has 1 aliphatic carbocycles. The van der Waals surface area contributed by atoms with Crippen molar-refractivity contribution in [2.24, 2.45) is 11.3 Å². The minimum Gasteiger partial charge on any atom is -0.465 e. The van der Waals surface area contributed by atoms with Gasteiger partial charge in [0.25, 0.3) is 0 Å². The smallest absolute Gasteiger partial charge is 0.312 e. The molecule has 0 aromatic rings. The number of fused-ring (bicyclic) bond motifs is 1. The van der Waals surface area contributed by atoms with Crippen LogP contribution < -0.4 is 4.90 Å². The number of hydrogen-bond acceptors (Lipinski definition) is 2. The highest BCUT2D eigenvalue weighted by atomic mass is 79.9. The maximum absolute atomic E-state index is 12.1. The van der Waals surface area contributed by atoms with Crippen LogP contribution >= 0.6 is 15.9 Å². The van der Waals surface area contributed by atoms with Crippen LogP contribution in [0.4, 0.5) is 0 Å². The Hall–Kier alpha value is -0.0900. The van der Waals surface area contributed by atoms with Crippen LogP contribution in [0.2, 0.25) is 0 Å². The molecule has 19 heavy (non-hydrogen) atoms. The lowest BCUT2D eigenvalue weighted by atomic mass is 9.84. The van der Waals surface area contributed by atoms with E-state index in [0.717, 1.165) is 12.5 Å². The summed E-state index contributed by atoms with van der Waals surface area (Å²) < 4.78 is 5.65. The first-order chi connectivity index (χ1) is 9.11. The average Bonchev–Trinajstić information content (AvgIpc) is 3.05. The Morgan fingerprint density at radius 2 is 2.05 bits per heavy atom. The number of hydrogen-bond donors (Lipinski definition) is 1. The van der Waals surface area contributed by atoms with Crippen molar-refractivity contribution < 1.29 is 14.4 Å². The number of carbonyl (C=O) groups is 1. The van der Waals surface area contributed by atoms with Crippen LogP contribution in [0.25, 0.3) is 0 Å². The number of esters is 1. The van der Waals surface area contributed by atoms with Gasteiger partial charge < -0.3 is 9.64 Å². The largest absolute Gasteiger partial charge is 0.465 e. The summed E-state index contributed by atoms with van der Waals surface area (Å²) in [6, 6.07) is 0.752. The molecule has 5 atom stereocenters. The third-order valence-corrected chi connectivity index (χ3v) is 6.79. The second-order valence-corrected chi connectivity index (χ2v) is 7.96. The molecule has 2 heterocycles. The Balaban J connectivity index is 1.53. The molecule has 3 fully saturated rings. The van der Waals surface area contributed by atoms with Gasteiger partial charge in [-0.1, -0.05) is 15.9 Å². The van der Waals surface area contributed by atoms with E-state index >= 15 is 0 Å². The lowest BCUT2D eigenvalue weighted by Crippen LogP contribution is -3.18. The molecule has 0 spiro atoms. The number of ether oxygens (including phenoxy) is 1. The summed E-state index contributed by atoms with van der Waals surface area (Å²) in [7, 11) is 0. The fourth-order valence-electron chi connectivity index (χ4n) is 3.85. The molecule has 3 rings (SSSR count). The van der Waals surface area contributed by atoms with Crippen LogP contribution in [0.15, 0.2) is 0 Å². The van der Waals surface area contributed by atoms with Gasteiger partial charge in [-0.3, -0.25) is 4.79 Å². The van der Waals surface area contributed by atoms with Crippen LogP contribution in [-0.2, 0) is 9.53 Å². The van der Waals surface area contributed by atoms with Gasteiger partial charge in [0.2, 0.25) is 0 Å². The lowest BCUT2D eigenvalue weighted by molar-refractivity contribution is -0.940. The van der Waals surface area contributed by atoms with Crippen molar-refractivity contribution >= 4 is 21.9 Å². The standard InChI is InChI=1S/C15H24BrNO2/c1-15(9-13(15)16)14(18)19-10-11-5-4-8-17-7-3-2-6-12(11)17/h11-13H,2-10H2,1H3/p+1/t11-,12+,13+,15-/m0/s1. The Bertz CT molecular complexity index is 360. The monoisotopic (exact) mass is 330 g/mol. The van der Waals surface area contributed by atoms with E-state index in [9.17, 15) is 4.79 Å². The van der Waals surface area contributed by atoms with E-state index < -0.39 is 0 Å². The van der Waals surface area contributed by atoms with Gasteiger partial charge in [0.1, 0.15) is 0 Å². The summed E-state index contributed by atoms with van der Waals surface area (Å²) in [4.78, 5) is 14.2. The molecule has 3 aliphatic rings. The highest BCUT2D eigenvalue weighted by Gasteiger charge is 2.56. The maximum Gasteiger partial charge on any atom is 0.312 e. The third kappa shape index (κ3) is 2.71. The normalized spacial score (nSPS) is 45.4. The van der Waals surface area contributed by atoms with Gasteiger partial charge in [0.15, 0.2) is 0 Å². The number of piperidine rings is 2. The highest BCUT2D eigenvalue weighted by Crippen LogP contribution is 2.52. The van der Waals surface area contributed by atoms with E-state index in [1.807, 2.05) is 6.92 Å². The molecule has 0 amide bonds. The number of nitrogens with one attached hydrogen (secondary N) is 1. The summed E-state index contributed by atoms with van der Waals surface area (Å²) in [6.07, 6.45) is 7.54. The molecule has 3 nitrogen and oxygen atoms in total. The summed E-state index contributed by atoms with van der Waals surface area (Å²) >= 11 is 3.52. The molecule has 1 unspecified atom stereocenters. The van der Waals surface area contributed by atoms with E-state index in [0.29, 0.717) is 17.4 Å². The molecule has 0 bridgehead atoms. The van der Waals surface area contributed by atoms with Gasteiger partial charge in [-0.05, 0) is 45.4 Å². The first kappa shape index (κ1) is 13.9. The molecule has 108 valence electrons. The van der Waals surface area contributed by atoms with Crippen molar-refractivity contribution in [3.05, 3.63) is 0 Å². The van der Waals surface area contributed by atoms with E-state index in [2.05, 4.69) is 15.9 Å². The molecule has 2 saturated heterocycles. The van der Waals surface area contributed by atoms with Crippen LogP contribution in [0.5, 0.6) is 0 Å². The minimum atomic E-state index is -0.242. The van der Waals surface area contributed by atoms with Gasteiger partial charge in [0.05, 0.1) is 31.2 Å². The molecule has 0 aromatic carbocycles. The molecular formula is C15H25BrNO2+. The first-order valence-electron chi connectivity index (χ1n) is 7.77. The van der Waals surface area contributed by atoms with E-state index in [1.54, 1.807) is 4.90 Å². The number of rotatable bonds is 3. The zero-order valence-corrected chi connectivity index (χ0v) is 13.4. The van der Waals surface area contributed by atoms with Gasteiger partial charge >= 0.3 is 5.97 Å². The zero-order valence-electron chi connectivity index (χ0n) is 11.8. The molecule has 1 saturated carbocycles. The Morgan fingerprint density at radius 1 is 1.32 bits per heavy atom. The summed E-state index contributed by atoms with van der Waals surface area (Å²) in [5.74, 6) is 0.612. The molecule has 0 radical (unpaired) electrons. The van der Waals surface area contributed by atoms with Crippen molar-refractivity contribution in [2.45, 2.75) is 56.3 Å². The van der Waals surface area contributed by atoms with Crippen LogP contribution in [0.3, 0.4) is 0 Å². The van der Waals surface area contributed by atoms with Crippen molar-refractivity contribution in [1.82, 2.24) is 0 Å². The number of carbonyl (C=O) groups excluding carboxylic acids is 1. The molecule has 2 aliphatic heterocycles. The predicted octanol–water partition coefficient (Wildman–Crippen LogP) is 1.55. The Labute approximate surface area is 124 Å². The SMILES string of the molecule is C[C@]1(C(=O)OC[C@@H]2CCC[NH+]3CCCC[C@H]23)C[C@H]1Br. The van der Waals surface area contributed by atoms with Crippen molar-refractivity contribution in [3.63, 3.8) is 0 Å². The second kappa shape index (κ2) is 5.36. The number of halogens is 1. The molecule has 0 aromatic heterocycles. The summed E-state index contributed by atoms with van der Waals surface area (Å²) in [6.45, 7) is 5.32. The summed E-state index contributed by atoms with van der Waals surface area (Å²) in [5, 5.41) is 0. The van der Waals surface area contributed by atoms with Crippen molar-refractivity contribution in [1.29, 1.82) is 0 Å². The lowest BCUT2D eigenvalue weighted by Gasteiger charge is -2.41. The molecular weight excluding hydrogens is 306 g/mol. The van der Waals surface area contributed by atoms with E-state index in [1.165, 1.54) is 45.2 Å². The number of alkyl halides is 1. The minimum absolute atomic E-state index is 0.0114. The van der Waals surface area contributed by atoms with Gasteiger partial charge in [-0.15, -0.1) is 0 Å². The van der Waals surface area contributed by atoms with Crippen LogP contribution in [0.1, 0.15) is 45.4 Å². The number of quaternary nitrogens is 1.